The van der Waals surface area contributed by atoms with Gasteiger partial charge in [0.05, 0.1) is 44.3 Å². The predicted octanol–water partition coefficient (Wildman–Crippen LogP) is 0.708. The average Bonchev–Trinajstić information content (AvgIpc) is 2.95. The molecule has 1 aromatic rings. The molecule has 1 fully saturated rings. The number of benzene rings is 1. The number of carbonyl (C=O) groups is 2. The molecule has 0 spiro atoms. The molecule has 0 unspecified atom stereocenters. The third kappa shape index (κ3) is 5.57. The first kappa shape index (κ1) is 18.9. The molecule has 2 amide bonds. The van der Waals surface area contributed by atoms with Gasteiger partial charge in [0.25, 0.3) is 0 Å². The van der Waals surface area contributed by atoms with Crippen LogP contribution in [0.2, 0.25) is 0 Å². The summed E-state index contributed by atoms with van der Waals surface area (Å²) in [4.78, 5) is 24.2. The highest BCUT2D eigenvalue weighted by atomic mass is 19.1. The number of nitrogens with zero attached hydrogens (tertiary/aromatic N) is 1. The highest BCUT2D eigenvalue weighted by molar-refractivity contribution is 5.90. The molecule has 1 heterocycles. The standard InChI is InChI=1S/C16H22FN3O5/c1-11(22)19-9-13-10-20(16(23)25-13)12-2-3-15(14(17)8-12)18-4-6-24-7-5-21/h2-3,8,13,18,21H,4-7,9-10H2,1H3,(H,19,22)/t13-/m0/s1. The molecule has 138 valence electrons. The minimum absolute atomic E-state index is 0.0576. The second kappa shape index (κ2) is 9.19. The first-order valence-corrected chi connectivity index (χ1v) is 7.96. The van der Waals surface area contributed by atoms with Gasteiger partial charge in [-0.05, 0) is 18.2 Å². The van der Waals surface area contributed by atoms with E-state index in [0.29, 0.717) is 24.5 Å². The minimum atomic E-state index is -0.576. The van der Waals surface area contributed by atoms with Crippen LogP contribution in [0.4, 0.5) is 20.6 Å². The first-order chi connectivity index (χ1) is 12.0. The Hall–Kier alpha value is -2.39. The lowest BCUT2D eigenvalue weighted by Gasteiger charge is -2.15. The highest BCUT2D eigenvalue weighted by Gasteiger charge is 2.32. The Balaban J connectivity index is 1.91. The fourth-order valence-corrected chi connectivity index (χ4v) is 2.34. The molecule has 1 atom stereocenters. The van der Waals surface area contributed by atoms with Gasteiger partial charge in [0, 0.05) is 13.5 Å². The molecular formula is C16H22FN3O5. The second-order valence-corrected chi connectivity index (χ2v) is 5.48. The molecule has 8 nitrogen and oxygen atoms in total. The van der Waals surface area contributed by atoms with Gasteiger partial charge in [0.1, 0.15) is 11.9 Å². The van der Waals surface area contributed by atoms with E-state index in [1.807, 2.05) is 0 Å². The van der Waals surface area contributed by atoms with Crippen LogP contribution in [0.3, 0.4) is 0 Å². The Morgan fingerprint density at radius 3 is 2.96 bits per heavy atom. The first-order valence-electron chi connectivity index (χ1n) is 7.96. The van der Waals surface area contributed by atoms with Crippen molar-refractivity contribution in [1.82, 2.24) is 5.32 Å². The van der Waals surface area contributed by atoms with Crippen molar-refractivity contribution in [3.05, 3.63) is 24.0 Å². The molecule has 0 bridgehead atoms. The van der Waals surface area contributed by atoms with E-state index in [4.69, 9.17) is 14.6 Å². The summed E-state index contributed by atoms with van der Waals surface area (Å²) < 4.78 is 24.4. The summed E-state index contributed by atoms with van der Waals surface area (Å²) >= 11 is 0. The lowest BCUT2D eigenvalue weighted by molar-refractivity contribution is -0.119. The van der Waals surface area contributed by atoms with E-state index in [0.717, 1.165) is 0 Å². The quantitative estimate of drug-likeness (QED) is 0.564. The fourth-order valence-electron chi connectivity index (χ4n) is 2.34. The molecular weight excluding hydrogens is 333 g/mol. The van der Waals surface area contributed by atoms with Crippen molar-refractivity contribution in [2.24, 2.45) is 0 Å². The van der Waals surface area contributed by atoms with E-state index < -0.39 is 18.0 Å². The van der Waals surface area contributed by atoms with Gasteiger partial charge in [-0.3, -0.25) is 9.69 Å². The predicted molar refractivity (Wildman–Crippen MR) is 89.1 cm³/mol. The highest BCUT2D eigenvalue weighted by Crippen LogP contribution is 2.25. The van der Waals surface area contributed by atoms with Crippen LogP contribution in [-0.2, 0) is 14.3 Å². The van der Waals surface area contributed by atoms with Crippen molar-refractivity contribution in [2.75, 3.05) is 49.7 Å². The van der Waals surface area contributed by atoms with E-state index in [2.05, 4.69) is 10.6 Å². The van der Waals surface area contributed by atoms with Crippen LogP contribution in [0.25, 0.3) is 0 Å². The zero-order valence-corrected chi connectivity index (χ0v) is 14.0. The Bertz CT molecular complexity index is 613. The van der Waals surface area contributed by atoms with E-state index in [9.17, 15) is 14.0 Å². The lowest BCUT2D eigenvalue weighted by Crippen LogP contribution is -2.33. The maximum atomic E-state index is 14.2. The van der Waals surface area contributed by atoms with Crippen molar-refractivity contribution in [3.63, 3.8) is 0 Å². The Morgan fingerprint density at radius 2 is 2.28 bits per heavy atom. The number of aliphatic hydroxyl groups is 1. The fraction of sp³-hybridized carbons (Fsp3) is 0.500. The average molecular weight is 355 g/mol. The zero-order valence-electron chi connectivity index (χ0n) is 14.0. The van der Waals surface area contributed by atoms with Gasteiger partial charge >= 0.3 is 6.09 Å². The van der Waals surface area contributed by atoms with Gasteiger partial charge in [0.2, 0.25) is 5.91 Å². The summed E-state index contributed by atoms with van der Waals surface area (Å²) in [7, 11) is 0. The summed E-state index contributed by atoms with van der Waals surface area (Å²) in [6.45, 7) is 2.74. The summed E-state index contributed by atoms with van der Waals surface area (Å²) in [6.07, 6.45) is -1.05. The van der Waals surface area contributed by atoms with Crippen LogP contribution in [0, 0.1) is 5.82 Å². The van der Waals surface area contributed by atoms with Crippen molar-refractivity contribution in [3.8, 4) is 0 Å². The molecule has 0 aliphatic carbocycles. The van der Waals surface area contributed by atoms with Gasteiger partial charge in [-0.15, -0.1) is 0 Å². The molecule has 1 saturated heterocycles. The largest absolute Gasteiger partial charge is 0.442 e. The molecule has 9 heteroatoms. The maximum absolute atomic E-state index is 14.2. The van der Waals surface area contributed by atoms with Crippen LogP contribution in [0.5, 0.6) is 0 Å². The van der Waals surface area contributed by atoms with Gasteiger partial charge < -0.3 is 25.2 Å². The number of amides is 2. The van der Waals surface area contributed by atoms with Gasteiger partial charge in [-0.25, -0.2) is 9.18 Å². The van der Waals surface area contributed by atoms with Crippen LogP contribution in [0.1, 0.15) is 6.92 Å². The van der Waals surface area contributed by atoms with Crippen molar-refractivity contribution >= 4 is 23.4 Å². The van der Waals surface area contributed by atoms with E-state index in [1.165, 1.54) is 24.0 Å². The number of nitrogens with one attached hydrogen (secondary N) is 2. The van der Waals surface area contributed by atoms with Crippen LogP contribution in [0.15, 0.2) is 18.2 Å². The van der Waals surface area contributed by atoms with Crippen LogP contribution >= 0.6 is 0 Å². The summed E-state index contributed by atoms with van der Waals surface area (Å²) in [6, 6.07) is 4.39. The Kier molecular flexibility index (Phi) is 6.96. The topological polar surface area (TPSA) is 100 Å². The molecule has 0 aromatic heterocycles. The molecule has 2 rings (SSSR count). The summed E-state index contributed by atoms with van der Waals surface area (Å²) in [5.41, 5.74) is 0.675. The normalized spacial score (nSPS) is 16.7. The molecule has 1 aliphatic rings. The van der Waals surface area contributed by atoms with Crippen molar-refractivity contribution < 1.29 is 28.6 Å². The van der Waals surface area contributed by atoms with Crippen molar-refractivity contribution in [2.45, 2.75) is 13.0 Å². The number of hydrogen-bond donors (Lipinski definition) is 3. The number of hydrogen-bond acceptors (Lipinski definition) is 6. The zero-order chi connectivity index (χ0) is 18.2. The molecule has 1 aromatic carbocycles. The van der Waals surface area contributed by atoms with Crippen LogP contribution in [-0.4, -0.2) is 62.7 Å². The number of aliphatic hydroxyl groups excluding tert-OH is 1. The minimum Gasteiger partial charge on any atom is -0.442 e. The van der Waals surface area contributed by atoms with E-state index in [1.54, 1.807) is 6.07 Å². The Morgan fingerprint density at radius 1 is 1.48 bits per heavy atom. The van der Waals surface area contributed by atoms with E-state index >= 15 is 0 Å². The number of cyclic esters (lactones) is 1. The van der Waals surface area contributed by atoms with Gasteiger partial charge in [0.15, 0.2) is 0 Å². The SMILES string of the molecule is CC(=O)NC[C@H]1CN(c2ccc(NCCOCCO)c(F)c2)C(=O)O1. The Labute approximate surface area is 144 Å². The second-order valence-electron chi connectivity index (χ2n) is 5.48. The van der Waals surface area contributed by atoms with E-state index in [-0.39, 0.29) is 32.2 Å². The monoisotopic (exact) mass is 355 g/mol. The molecule has 0 saturated carbocycles. The molecule has 0 radical (unpaired) electrons. The maximum Gasteiger partial charge on any atom is 0.414 e. The number of ether oxygens (including phenoxy) is 2. The summed E-state index contributed by atoms with van der Waals surface area (Å²) in [5.74, 6) is -0.711. The molecule has 3 N–H and O–H groups in total. The number of rotatable bonds is 9. The van der Waals surface area contributed by atoms with Gasteiger partial charge in [-0.1, -0.05) is 0 Å². The third-order valence-corrected chi connectivity index (χ3v) is 3.51. The van der Waals surface area contributed by atoms with Crippen LogP contribution < -0.4 is 15.5 Å². The summed E-state index contributed by atoms with van der Waals surface area (Å²) in [5, 5.41) is 14.1. The smallest absolute Gasteiger partial charge is 0.414 e. The van der Waals surface area contributed by atoms with Gasteiger partial charge in [-0.2, -0.15) is 0 Å². The lowest BCUT2D eigenvalue weighted by atomic mass is 10.2. The number of carbonyl (C=O) groups excluding carboxylic acids is 2. The molecule has 1 aliphatic heterocycles. The third-order valence-electron chi connectivity index (χ3n) is 3.51. The number of halogens is 1. The molecule has 25 heavy (non-hydrogen) atoms. The van der Waals surface area contributed by atoms with Crippen molar-refractivity contribution in [1.29, 1.82) is 0 Å². The number of anilines is 2.